The number of nitrogens with zero attached hydrogens (tertiary/aromatic N) is 1. The highest BCUT2D eigenvalue weighted by Gasteiger charge is 2.25. The van der Waals surface area contributed by atoms with E-state index in [4.69, 9.17) is 5.11 Å². The normalized spacial score (nSPS) is 24.9. The first kappa shape index (κ1) is 14.8. The standard InChI is InChI=1S/C16H29NO2/c18-12-10-15-9-11-17(13-15)16(19)8-4-7-14-5-2-1-3-6-14/h14-15,18H,1-13H2. The van der Waals surface area contributed by atoms with Gasteiger partial charge in [-0.1, -0.05) is 32.1 Å². The molecule has 0 aromatic heterocycles. The molecule has 1 heterocycles. The molecule has 3 nitrogen and oxygen atoms in total. The second kappa shape index (κ2) is 7.88. The van der Waals surface area contributed by atoms with Crippen molar-refractivity contribution < 1.29 is 9.90 Å². The van der Waals surface area contributed by atoms with E-state index in [1.165, 1.54) is 38.5 Å². The molecule has 110 valence electrons. The average Bonchev–Trinajstić information content (AvgIpc) is 2.89. The van der Waals surface area contributed by atoms with Crippen LogP contribution in [0.1, 0.15) is 64.2 Å². The maximum Gasteiger partial charge on any atom is 0.222 e. The van der Waals surface area contributed by atoms with E-state index in [1.54, 1.807) is 0 Å². The van der Waals surface area contributed by atoms with E-state index in [1.807, 2.05) is 4.90 Å². The van der Waals surface area contributed by atoms with E-state index in [0.717, 1.165) is 44.7 Å². The van der Waals surface area contributed by atoms with Gasteiger partial charge in [-0.2, -0.15) is 0 Å². The highest BCUT2D eigenvalue weighted by molar-refractivity contribution is 5.76. The summed E-state index contributed by atoms with van der Waals surface area (Å²) in [6.07, 6.45) is 12.0. The van der Waals surface area contributed by atoms with Crippen LogP contribution in [0.2, 0.25) is 0 Å². The summed E-state index contributed by atoms with van der Waals surface area (Å²) in [6.45, 7) is 2.05. The van der Waals surface area contributed by atoms with Gasteiger partial charge in [-0.15, -0.1) is 0 Å². The van der Waals surface area contributed by atoms with Crippen molar-refractivity contribution in [3.63, 3.8) is 0 Å². The molecule has 2 rings (SSSR count). The van der Waals surface area contributed by atoms with E-state index < -0.39 is 0 Å². The van der Waals surface area contributed by atoms with Crippen molar-refractivity contribution in [1.82, 2.24) is 4.90 Å². The van der Waals surface area contributed by atoms with Gasteiger partial charge in [-0.3, -0.25) is 4.79 Å². The number of rotatable bonds is 6. The Bertz CT molecular complexity index is 274. The summed E-state index contributed by atoms with van der Waals surface area (Å²) in [7, 11) is 0. The van der Waals surface area contributed by atoms with Crippen LogP contribution in [0.15, 0.2) is 0 Å². The molecule has 0 spiro atoms. The fourth-order valence-electron chi connectivity index (χ4n) is 3.65. The molecule has 0 aromatic carbocycles. The van der Waals surface area contributed by atoms with Gasteiger partial charge >= 0.3 is 0 Å². The van der Waals surface area contributed by atoms with Crippen LogP contribution in [0.25, 0.3) is 0 Å². The van der Waals surface area contributed by atoms with Crippen molar-refractivity contribution in [3.8, 4) is 0 Å². The highest BCUT2D eigenvalue weighted by atomic mass is 16.3. The summed E-state index contributed by atoms with van der Waals surface area (Å²) >= 11 is 0. The predicted octanol–water partition coefficient (Wildman–Crippen LogP) is 2.97. The number of carbonyl (C=O) groups excluding carboxylic acids is 1. The van der Waals surface area contributed by atoms with Crippen molar-refractivity contribution in [2.45, 2.75) is 64.2 Å². The van der Waals surface area contributed by atoms with Crippen LogP contribution in [0.3, 0.4) is 0 Å². The fraction of sp³-hybridized carbons (Fsp3) is 0.938. The van der Waals surface area contributed by atoms with Gasteiger partial charge in [0.1, 0.15) is 0 Å². The summed E-state index contributed by atoms with van der Waals surface area (Å²) in [5.74, 6) is 1.77. The van der Waals surface area contributed by atoms with Crippen molar-refractivity contribution in [2.75, 3.05) is 19.7 Å². The topological polar surface area (TPSA) is 40.5 Å². The van der Waals surface area contributed by atoms with Gasteiger partial charge in [0.05, 0.1) is 0 Å². The van der Waals surface area contributed by atoms with Gasteiger partial charge in [0.2, 0.25) is 5.91 Å². The molecule has 0 aromatic rings. The van der Waals surface area contributed by atoms with Crippen molar-refractivity contribution >= 4 is 5.91 Å². The third-order valence-electron chi connectivity index (χ3n) is 4.90. The molecule has 1 atom stereocenters. The first-order valence-corrected chi connectivity index (χ1v) is 8.18. The van der Waals surface area contributed by atoms with Crippen LogP contribution in [0.4, 0.5) is 0 Å². The Morgan fingerprint density at radius 2 is 1.84 bits per heavy atom. The minimum atomic E-state index is 0.258. The molecule has 1 aliphatic heterocycles. The highest BCUT2D eigenvalue weighted by Crippen LogP contribution is 2.28. The molecule has 2 fully saturated rings. The van der Waals surface area contributed by atoms with Crippen LogP contribution in [-0.2, 0) is 4.79 Å². The lowest BCUT2D eigenvalue weighted by Crippen LogP contribution is -2.28. The third kappa shape index (κ3) is 4.79. The minimum absolute atomic E-state index is 0.258. The molecule has 1 amide bonds. The van der Waals surface area contributed by atoms with Gasteiger partial charge < -0.3 is 10.0 Å². The zero-order valence-corrected chi connectivity index (χ0v) is 12.1. The Hall–Kier alpha value is -0.570. The molecule has 1 saturated carbocycles. The van der Waals surface area contributed by atoms with Crippen LogP contribution in [0.5, 0.6) is 0 Å². The summed E-state index contributed by atoms with van der Waals surface area (Å²) in [6, 6.07) is 0. The van der Waals surface area contributed by atoms with Gasteiger partial charge in [0.15, 0.2) is 0 Å². The summed E-state index contributed by atoms with van der Waals surface area (Å²) in [4.78, 5) is 14.1. The number of carbonyl (C=O) groups is 1. The second-order valence-corrected chi connectivity index (χ2v) is 6.40. The van der Waals surface area contributed by atoms with Crippen LogP contribution < -0.4 is 0 Å². The number of likely N-dealkylation sites (tertiary alicyclic amines) is 1. The van der Waals surface area contributed by atoms with Gasteiger partial charge in [-0.05, 0) is 37.5 Å². The fourth-order valence-corrected chi connectivity index (χ4v) is 3.65. The Morgan fingerprint density at radius 3 is 2.58 bits per heavy atom. The predicted molar refractivity (Wildman–Crippen MR) is 76.8 cm³/mol. The van der Waals surface area contributed by atoms with E-state index in [0.29, 0.717) is 11.8 Å². The van der Waals surface area contributed by atoms with Crippen molar-refractivity contribution in [3.05, 3.63) is 0 Å². The maximum atomic E-state index is 12.1. The van der Waals surface area contributed by atoms with Crippen LogP contribution in [-0.4, -0.2) is 35.6 Å². The van der Waals surface area contributed by atoms with Crippen LogP contribution >= 0.6 is 0 Å². The van der Waals surface area contributed by atoms with E-state index in [9.17, 15) is 4.79 Å². The molecule has 0 radical (unpaired) electrons. The Labute approximate surface area is 117 Å². The molecule has 1 saturated heterocycles. The average molecular weight is 267 g/mol. The monoisotopic (exact) mass is 267 g/mol. The number of aliphatic hydroxyl groups is 1. The molecular weight excluding hydrogens is 238 g/mol. The van der Waals surface area contributed by atoms with Crippen LogP contribution in [0, 0.1) is 11.8 Å². The SMILES string of the molecule is O=C(CCCC1CCCCC1)N1CCC(CCO)C1. The quantitative estimate of drug-likeness (QED) is 0.803. The summed E-state index contributed by atoms with van der Waals surface area (Å²) in [5.41, 5.74) is 0. The zero-order valence-electron chi connectivity index (χ0n) is 12.1. The number of amides is 1. The molecule has 19 heavy (non-hydrogen) atoms. The summed E-state index contributed by atoms with van der Waals surface area (Å²) < 4.78 is 0. The Kier molecular flexibility index (Phi) is 6.15. The Morgan fingerprint density at radius 1 is 1.05 bits per heavy atom. The third-order valence-corrected chi connectivity index (χ3v) is 4.90. The maximum absolute atomic E-state index is 12.1. The van der Waals surface area contributed by atoms with Gasteiger partial charge in [0.25, 0.3) is 0 Å². The number of aliphatic hydroxyl groups excluding tert-OH is 1. The van der Waals surface area contributed by atoms with Crippen molar-refractivity contribution in [2.24, 2.45) is 11.8 Å². The Balaban J connectivity index is 1.59. The first-order chi connectivity index (χ1) is 9.29. The van der Waals surface area contributed by atoms with Crippen molar-refractivity contribution in [1.29, 1.82) is 0 Å². The lowest BCUT2D eigenvalue weighted by Gasteiger charge is -2.22. The lowest BCUT2D eigenvalue weighted by atomic mass is 9.86. The molecule has 0 bridgehead atoms. The molecular formula is C16H29NO2. The van der Waals surface area contributed by atoms with E-state index in [-0.39, 0.29) is 6.61 Å². The lowest BCUT2D eigenvalue weighted by molar-refractivity contribution is -0.130. The van der Waals surface area contributed by atoms with Gasteiger partial charge in [0, 0.05) is 26.1 Å². The number of hydrogen-bond acceptors (Lipinski definition) is 2. The number of hydrogen-bond donors (Lipinski definition) is 1. The molecule has 2 aliphatic rings. The largest absolute Gasteiger partial charge is 0.396 e. The molecule has 1 N–H and O–H groups in total. The molecule has 1 aliphatic carbocycles. The second-order valence-electron chi connectivity index (χ2n) is 6.40. The smallest absolute Gasteiger partial charge is 0.222 e. The minimum Gasteiger partial charge on any atom is -0.396 e. The van der Waals surface area contributed by atoms with E-state index >= 15 is 0 Å². The zero-order chi connectivity index (χ0) is 13.5. The van der Waals surface area contributed by atoms with E-state index in [2.05, 4.69) is 0 Å². The first-order valence-electron chi connectivity index (χ1n) is 8.18. The molecule has 1 unspecified atom stereocenters. The van der Waals surface area contributed by atoms with Gasteiger partial charge in [-0.25, -0.2) is 0 Å². The molecule has 3 heteroatoms. The summed E-state index contributed by atoms with van der Waals surface area (Å²) in [5, 5.41) is 8.93.